The lowest BCUT2D eigenvalue weighted by molar-refractivity contribution is -0.205. The van der Waals surface area contributed by atoms with E-state index in [1.54, 1.807) is 19.9 Å². The molecule has 0 amide bonds. The third-order valence-corrected chi connectivity index (χ3v) is 7.28. The second-order valence-corrected chi connectivity index (χ2v) is 9.67. The normalized spacial score (nSPS) is 34.2. The number of carbonyl (C=O) groups excluding carboxylic acids is 3. The fourth-order valence-electron chi connectivity index (χ4n) is 5.21. The van der Waals surface area contributed by atoms with E-state index in [9.17, 15) is 29.7 Å². The number of allylic oxidation sites excluding steroid dienone is 1. The number of phenols is 1. The van der Waals surface area contributed by atoms with Gasteiger partial charge in [-0.05, 0) is 52.7 Å². The van der Waals surface area contributed by atoms with Gasteiger partial charge in [0.1, 0.15) is 17.1 Å². The fourth-order valence-corrected chi connectivity index (χ4v) is 5.21. The second kappa shape index (κ2) is 8.13. The van der Waals surface area contributed by atoms with Crippen LogP contribution in [-0.2, 0) is 20.7 Å². The first-order chi connectivity index (χ1) is 15.3. The van der Waals surface area contributed by atoms with Crippen molar-refractivity contribution in [2.45, 2.75) is 90.0 Å². The highest BCUT2D eigenvalue weighted by Crippen LogP contribution is 2.45. The van der Waals surface area contributed by atoms with Gasteiger partial charge in [-0.1, -0.05) is 0 Å². The number of fused-ring (bicyclic) bond motifs is 2. The van der Waals surface area contributed by atoms with Crippen LogP contribution in [0.3, 0.4) is 0 Å². The molecule has 6 atom stereocenters. The van der Waals surface area contributed by atoms with E-state index in [-0.39, 0.29) is 52.8 Å². The van der Waals surface area contributed by atoms with E-state index in [2.05, 4.69) is 0 Å². The van der Waals surface area contributed by atoms with Crippen LogP contribution in [0.4, 0.5) is 0 Å². The average molecular weight is 459 g/mol. The maximum Gasteiger partial charge on any atom is 0.193 e. The van der Waals surface area contributed by atoms with Crippen LogP contribution in [-0.4, -0.2) is 62.7 Å². The maximum absolute atomic E-state index is 13.6. The minimum Gasteiger partial charge on any atom is -0.507 e. The number of rotatable bonds is 3. The largest absolute Gasteiger partial charge is 0.507 e. The molecular formula is C25H30O8. The smallest absolute Gasteiger partial charge is 0.193 e. The second-order valence-electron chi connectivity index (χ2n) is 9.67. The molecule has 1 saturated heterocycles. The highest BCUT2D eigenvalue weighted by molar-refractivity contribution is 6.28. The molecule has 3 N–H and O–H groups in total. The molecule has 1 fully saturated rings. The van der Waals surface area contributed by atoms with Crippen molar-refractivity contribution in [3.8, 4) is 5.75 Å². The van der Waals surface area contributed by atoms with Gasteiger partial charge in [-0.15, -0.1) is 0 Å². The lowest BCUT2D eigenvalue weighted by Crippen LogP contribution is -2.57. The lowest BCUT2D eigenvalue weighted by atomic mass is 9.75. The SMILES string of the molecule is CC(=O)C[C@H]1Cc2cc3c(c(O)c2[C@H](C)O1)C(=O)C(C)=C(C1CC(O)C(C)(O)C(C)O1)C3=O. The van der Waals surface area contributed by atoms with E-state index in [0.717, 1.165) is 0 Å². The number of ether oxygens (including phenoxy) is 2. The maximum atomic E-state index is 13.6. The summed E-state index contributed by atoms with van der Waals surface area (Å²) in [5.74, 6) is -1.23. The highest BCUT2D eigenvalue weighted by atomic mass is 16.5. The summed E-state index contributed by atoms with van der Waals surface area (Å²) < 4.78 is 11.8. The first kappa shape index (κ1) is 23.8. The highest BCUT2D eigenvalue weighted by Gasteiger charge is 2.48. The molecule has 4 rings (SSSR count). The fraction of sp³-hybridized carbons (Fsp3) is 0.560. The Balaban J connectivity index is 1.77. The summed E-state index contributed by atoms with van der Waals surface area (Å²) >= 11 is 0. The zero-order valence-corrected chi connectivity index (χ0v) is 19.5. The van der Waals surface area contributed by atoms with E-state index < -0.39 is 41.6 Å². The number of aromatic hydroxyl groups is 1. The van der Waals surface area contributed by atoms with E-state index in [1.807, 2.05) is 0 Å². The van der Waals surface area contributed by atoms with Gasteiger partial charge in [0.2, 0.25) is 0 Å². The molecule has 8 nitrogen and oxygen atoms in total. The molecule has 0 saturated carbocycles. The van der Waals surface area contributed by atoms with Crippen LogP contribution >= 0.6 is 0 Å². The predicted octanol–water partition coefficient (Wildman–Crippen LogP) is 2.36. The van der Waals surface area contributed by atoms with Gasteiger partial charge in [0.15, 0.2) is 11.6 Å². The van der Waals surface area contributed by atoms with Crippen molar-refractivity contribution in [2.24, 2.45) is 0 Å². The van der Waals surface area contributed by atoms with Crippen LogP contribution in [0.25, 0.3) is 0 Å². The topological polar surface area (TPSA) is 130 Å². The Kier molecular flexibility index (Phi) is 5.85. The third-order valence-electron chi connectivity index (χ3n) is 7.28. The molecule has 0 spiro atoms. The van der Waals surface area contributed by atoms with Gasteiger partial charge in [0, 0.05) is 35.1 Å². The minimum atomic E-state index is -1.48. The number of carbonyl (C=O) groups is 3. The first-order valence-electron chi connectivity index (χ1n) is 11.2. The Bertz CT molecular complexity index is 1070. The molecule has 3 aliphatic rings. The van der Waals surface area contributed by atoms with Crippen molar-refractivity contribution in [2.75, 3.05) is 0 Å². The molecule has 1 aromatic carbocycles. The number of aliphatic hydroxyl groups excluding tert-OH is 1. The summed E-state index contributed by atoms with van der Waals surface area (Å²) in [4.78, 5) is 38.5. The zero-order chi connectivity index (χ0) is 24.4. The van der Waals surface area contributed by atoms with Crippen LogP contribution in [0, 0.1) is 0 Å². The molecule has 1 aromatic rings. The Morgan fingerprint density at radius 3 is 2.48 bits per heavy atom. The quantitative estimate of drug-likeness (QED) is 0.629. The van der Waals surface area contributed by atoms with Crippen molar-refractivity contribution < 1.29 is 39.2 Å². The van der Waals surface area contributed by atoms with Gasteiger partial charge in [-0.3, -0.25) is 14.4 Å². The van der Waals surface area contributed by atoms with Crippen molar-refractivity contribution in [3.05, 3.63) is 39.5 Å². The van der Waals surface area contributed by atoms with Crippen LogP contribution in [0.15, 0.2) is 17.2 Å². The van der Waals surface area contributed by atoms with Gasteiger partial charge in [0.25, 0.3) is 0 Å². The first-order valence-corrected chi connectivity index (χ1v) is 11.2. The van der Waals surface area contributed by atoms with Crippen LogP contribution in [0.1, 0.15) is 85.4 Å². The van der Waals surface area contributed by atoms with Crippen molar-refractivity contribution in [1.29, 1.82) is 0 Å². The third kappa shape index (κ3) is 3.75. The molecule has 1 aliphatic carbocycles. The summed E-state index contributed by atoms with van der Waals surface area (Å²) in [7, 11) is 0. The minimum absolute atomic E-state index is 0.0251. The molecule has 33 heavy (non-hydrogen) atoms. The van der Waals surface area contributed by atoms with Gasteiger partial charge >= 0.3 is 0 Å². The Morgan fingerprint density at radius 1 is 1.21 bits per heavy atom. The van der Waals surface area contributed by atoms with Crippen molar-refractivity contribution in [1.82, 2.24) is 0 Å². The molecule has 0 bridgehead atoms. The number of Topliss-reactive ketones (excluding diaryl/α,β-unsaturated/α-hetero) is 3. The number of phenolic OH excluding ortho intramolecular Hbond substituents is 1. The standard InChI is InChI=1S/C25H30O8/c1-10(26)6-15-7-14-8-16-21(24(30)20(14)12(3)32-15)22(28)11(2)19(23(16)29)17-9-18(27)25(5,31)13(4)33-17/h8,12-13,15,17-18,27,30-31H,6-7,9H2,1-5H3/t12-,13?,15-,17?,18?,25?/m0/s1. The Morgan fingerprint density at radius 2 is 1.88 bits per heavy atom. The van der Waals surface area contributed by atoms with E-state index in [0.29, 0.717) is 17.5 Å². The van der Waals surface area contributed by atoms with Crippen LogP contribution < -0.4 is 0 Å². The molecule has 4 unspecified atom stereocenters. The van der Waals surface area contributed by atoms with E-state index in [1.165, 1.54) is 20.8 Å². The molecule has 0 radical (unpaired) electrons. The molecule has 0 aromatic heterocycles. The molecular weight excluding hydrogens is 428 g/mol. The Hall–Kier alpha value is -2.39. The lowest BCUT2D eigenvalue weighted by Gasteiger charge is -2.44. The summed E-state index contributed by atoms with van der Waals surface area (Å²) in [6.45, 7) is 7.80. The summed E-state index contributed by atoms with van der Waals surface area (Å²) in [5, 5.41) is 31.9. The zero-order valence-electron chi connectivity index (χ0n) is 19.5. The van der Waals surface area contributed by atoms with Crippen LogP contribution in [0.2, 0.25) is 0 Å². The Labute approximate surface area is 192 Å². The number of hydrogen-bond donors (Lipinski definition) is 3. The summed E-state index contributed by atoms with van der Waals surface area (Å²) in [6, 6.07) is 1.61. The number of ketones is 3. The number of hydrogen-bond acceptors (Lipinski definition) is 8. The van der Waals surface area contributed by atoms with Gasteiger partial charge < -0.3 is 24.8 Å². The van der Waals surface area contributed by atoms with Gasteiger partial charge in [-0.2, -0.15) is 0 Å². The molecule has 8 heteroatoms. The number of benzene rings is 1. The van der Waals surface area contributed by atoms with Crippen molar-refractivity contribution in [3.63, 3.8) is 0 Å². The monoisotopic (exact) mass is 458 g/mol. The molecule has 2 heterocycles. The van der Waals surface area contributed by atoms with Crippen molar-refractivity contribution >= 4 is 17.3 Å². The number of aliphatic hydroxyl groups is 2. The molecule has 178 valence electrons. The van der Waals surface area contributed by atoms with Crippen LogP contribution in [0.5, 0.6) is 5.75 Å². The summed E-state index contributed by atoms with van der Waals surface area (Å²) in [5.41, 5.74) is -0.0603. The van der Waals surface area contributed by atoms with Gasteiger partial charge in [0.05, 0.1) is 36.1 Å². The van der Waals surface area contributed by atoms with Gasteiger partial charge in [-0.25, -0.2) is 0 Å². The van der Waals surface area contributed by atoms with E-state index >= 15 is 0 Å². The van der Waals surface area contributed by atoms with E-state index in [4.69, 9.17) is 9.47 Å². The molecule has 2 aliphatic heterocycles. The predicted molar refractivity (Wildman–Crippen MR) is 117 cm³/mol. The summed E-state index contributed by atoms with van der Waals surface area (Å²) in [6.07, 6.45) is -3.20. The average Bonchev–Trinajstić information content (AvgIpc) is 2.69.